The van der Waals surface area contributed by atoms with Crippen molar-refractivity contribution in [1.29, 1.82) is 0 Å². The van der Waals surface area contributed by atoms with Gasteiger partial charge >= 0.3 is 0 Å². The maximum atomic E-state index is 12.6. The summed E-state index contributed by atoms with van der Waals surface area (Å²) in [5.41, 5.74) is 2.60. The van der Waals surface area contributed by atoms with Gasteiger partial charge in [0.2, 0.25) is 5.91 Å². The SMILES string of the molecule is CCN(CC)C(=O)c1cccc(NC(=O)CN2CCCN(Cc3ccccc3)CC2)c1. The second-order valence-electron chi connectivity index (χ2n) is 8.00. The van der Waals surface area contributed by atoms with Crippen LogP contribution >= 0.6 is 0 Å². The number of hydrogen-bond donors (Lipinski definition) is 1. The first-order valence-electron chi connectivity index (χ1n) is 11.3. The Morgan fingerprint density at radius 2 is 1.61 bits per heavy atom. The molecule has 0 saturated carbocycles. The number of carbonyl (C=O) groups is 2. The first-order chi connectivity index (χ1) is 15.1. The van der Waals surface area contributed by atoms with Crippen LogP contribution in [0.15, 0.2) is 54.6 Å². The van der Waals surface area contributed by atoms with Crippen molar-refractivity contribution in [2.24, 2.45) is 0 Å². The van der Waals surface area contributed by atoms with Crippen LogP contribution in [0.5, 0.6) is 0 Å². The third-order valence-electron chi connectivity index (χ3n) is 5.74. The summed E-state index contributed by atoms with van der Waals surface area (Å²) in [5, 5.41) is 2.97. The smallest absolute Gasteiger partial charge is 0.253 e. The van der Waals surface area contributed by atoms with E-state index < -0.39 is 0 Å². The number of hydrogen-bond acceptors (Lipinski definition) is 4. The van der Waals surface area contributed by atoms with Gasteiger partial charge in [0.05, 0.1) is 6.54 Å². The predicted molar refractivity (Wildman–Crippen MR) is 125 cm³/mol. The molecule has 2 amide bonds. The van der Waals surface area contributed by atoms with Crippen LogP contribution in [0, 0.1) is 0 Å². The summed E-state index contributed by atoms with van der Waals surface area (Å²) in [7, 11) is 0. The molecule has 0 atom stereocenters. The largest absolute Gasteiger partial charge is 0.339 e. The van der Waals surface area contributed by atoms with Crippen molar-refractivity contribution < 1.29 is 9.59 Å². The number of amides is 2. The van der Waals surface area contributed by atoms with Gasteiger partial charge in [-0.05, 0) is 57.1 Å². The van der Waals surface area contributed by atoms with Crippen molar-refractivity contribution in [3.8, 4) is 0 Å². The van der Waals surface area contributed by atoms with Crippen LogP contribution < -0.4 is 5.32 Å². The Bertz CT molecular complexity index is 852. The van der Waals surface area contributed by atoms with E-state index in [1.54, 1.807) is 17.0 Å². The van der Waals surface area contributed by atoms with Crippen LogP contribution in [0.2, 0.25) is 0 Å². The molecule has 1 aliphatic rings. The first kappa shape index (κ1) is 23.0. The van der Waals surface area contributed by atoms with Crippen LogP contribution in [0.25, 0.3) is 0 Å². The Labute approximate surface area is 185 Å². The zero-order valence-electron chi connectivity index (χ0n) is 18.7. The highest BCUT2D eigenvalue weighted by Gasteiger charge is 2.18. The van der Waals surface area contributed by atoms with Gasteiger partial charge in [0.15, 0.2) is 0 Å². The molecule has 0 aliphatic carbocycles. The van der Waals surface area contributed by atoms with Crippen LogP contribution in [0.4, 0.5) is 5.69 Å². The Kier molecular flexibility index (Phi) is 8.62. The maximum Gasteiger partial charge on any atom is 0.253 e. The lowest BCUT2D eigenvalue weighted by atomic mass is 10.1. The van der Waals surface area contributed by atoms with Crippen LogP contribution in [-0.2, 0) is 11.3 Å². The van der Waals surface area contributed by atoms with Gasteiger partial charge in [-0.15, -0.1) is 0 Å². The first-order valence-corrected chi connectivity index (χ1v) is 11.3. The Morgan fingerprint density at radius 1 is 0.903 bits per heavy atom. The van der Waals surface area contributed by atoms with Crippen LogP contribution in [0.1, 0.15) is 36.2 Å². The third kappa shape index (κ3) is 6.91. The molecule has 1 heterocycles. The third-order valence-corrected chi connectivity index (χ3v) is 5.74. The topological polar surface area (TPSA) is 55.9 Å². The molecule has 166 valence electrons. The van der Waals surface area contributed by atoms with E-state index in [1.165, 1.54) is 5.56 Å². The van der Waals surface area contributed by atoms with Crippen molar-refractivity contribution >= 4 is 17.5 Å². The molecule has 1 fully saturated rings. The molecule has 1 aliphatic heterocycles. The highest BCUT2D eigenvalue weighted by Crippen LogP contribution is 2.14. The molecule has 1 saturated heterocycles. The van der Waals surface area contributed by atoms with Crippen LogP contribution in [-0.4, -0.2) is 72.3 Å². The van der Waals surface area contributed by atoms with Crippen molar-refractivity contribution in [3.05, 3.63) is 65.7 Å². The number of rotatable bonds is 8. The van der Waals surface area contributed by atoms with Gasteiger partial charge in [-0.2, -0.15) is 0 Å². The molecule has 2 aromatic carbocycles. The van der Waals surface area contributed by atoms with E-state index in [0.717, 1.165) is 39.1 Å². The number of anilines is 1. The summed E-state index contributed by atoms with van der Waals surface area (Å²) in [6.07, 6.45) is 1.05. The van der Waals surface area contributed by atoms with Gasteiger partial charge in [0.1, 0.15) is 0 Å². The maximum absolute atomic E-state index is 12.6. The predicted octanol–water partition coefficient (Wildman–Crippen LogP) is 3.32. The fourth-order valence-corrected chi connectivity index (χ4v) is 4.01. The minimum Gasteiger partial charge on any atom is -0.339 e. The molecule has 1 N–H and O–H groups in total. The molecule has 2 aromatic rings. The minimum atomic E-state index is -0.0380. The van der Waals surface area contributed by atoms with Gasteiger partial charge in [-0.25, -0.2) is 0 Å². The normalized spacial score (nSPS) is 15.3. The standard InChI is InChI=1S/C25H34N4O2/c1-3-29(4-2)25(31)22-12-8-13-23(18-22)26-24(30)20-28-15-9-14-27(16-17-28)19-21-10-6-5-7-11-21/h5-8,10-13,18H,3-4,9,14-17,19-20H2,1-2H3,(H,26,30). The van der Waals surface area contributed by atoms with Gasteiger partial charge in [-0.3, -0.25) is 19.4 Å². The van der Waals surface area contributed by atoms with E-state index in [4.69, 9.17) is 0 Å². The molecule has 0 aromatic heterocycles. The van der Waals surface area contributed by atoms with E-state index in [-0.39, 0.29) is 11.8 Å². The Hall–Kier alpha value is -2.70. The van der Waals surface area contributed by atoms with E-state index in [9.17, 15) is 9.59 Å². The fraction of sp³-hybridized carbons (Fsp3) is 0.440. The summed E-state index contributed by atoms with van der Waals surface area (Å²) in [6.45, 7) is 10.4. The van der Waals surface area contributed by atoms with Crippen molar-refractivity contribution in [1.82, 2.24) is 14.7 Å². The summed E-state index contributed by atoms with van der Waals surface area (Å²) in [6, 6.07) is 17.7. The number of carbonyl (C=O) groups excluding carboxylic acids is 2. The molecule has 0 spiro atoms. The summed E-state index contributed by atoms with van der Waals surface area (Å²) in [5.74, 6) is -0.0453. The van der Waals surface area contributed by atoms with Gasteiger partial charge in [-0.1, -0.05) is 36.4 Å². The van der Waals surface area contributed by atoms with E-state index in [1.807, 2.05) is 32.0 Å². The molecular weight excluding hydrogens is 388 g/mol. The van der Waals surface area contributed by atoms with Crippen molar-refractivity contribution in [2.45, 2.75) is 26.8 Å². The zero-order valence-corrected chi connectivity index (χ0v) is 18.7. The monoisotopic (exact) mass is 422 g/mol. The highest BCUT2D eigenvalue weighted by molar-refractivity contribution is 5.97. The number of nitrogens with one attached hydrogen (secondary N) is 1. The molecule has 0 radical (unpaired) electrons. The van der Waals surface area contributed by atoms with Crippen molar-refractivity contribution in [3.63, 3.8) is 0 Å². The quantitative estimate of drug-likeness (QED) is 0.709. The number of nitrogens with zero attached hydrogens (tertiary/aromatic N) is 3. The lowest BCUT2D eigenvalue weighted by Gasteiger charge is -2.22. The van der Waals surface area contributed by atoms with Crippen molar-refractivity contribution in [2.75, 3.05) is 51.1 Å². The van der Waals surface area contributed by atoms with E-state index in [2.05, 4.69) is 39.4 Å². The second kappa shape index (κ2) is 11.6. The summed E-state index contributed by atoms with van der Waals surface area (Å²) >= 11 is 0. The average molecular weight is 423 g/mol. The van der Waals surface area contributed by atoms with Crippen LogP contribution in [0.3, 0.4) is 0 Å². The molecule has 0 bridgehead atoms. The number of benzene rings is 2. The average Bonchev–Trinajstić information content (AvgIpc) is 3.00. The van der Waals surface area contributed by atoms with E-state index in [0.29, 0.717) is 30.9 Å². The van der Waals surface area contributed by atoms with Gasteiger partial charge < -0.3 is 10.2 Å². The lowest BCUT2D eigenvalue weighted by Crippen LogP contribution is -2.36. The van der Waals surface area contributed by atoms with Gasteiger partial charge in [0.25, 0.3) is 5.91 Å². The Morgan fingerprint density at radius 3 is 2.35 bits per heavy atom. The molecule has 31 heavy (non-hydrogen) atoms. The highest BCUT2D eigenvalue weighted by atomic mass is 16.2. The fourth-order valence-electron chi connectivity index (χ4n) is 4.01. The summed E-state index contributed by atoms with van der Waals surface area (Å²) < 4.78 is 0. The van der Waals surface area contributed by atoms with Gasteiger partial charge in [0, 0.05) is 44.0 Å². The second-order valence-corrected chi connectivity index (χ2v) is 8.00. The molecule has 6 heteroatoms. The Balaban J connectivity index is 1.50. The molecule has 0 unspecified atom stereocenters. The molecular formula is C25H34N4O2. The zero-order chi connectivity index (χ0) is 22.1. The summed E-state index contributed by atoms with van der Waals surface area (Å²) in [4.78, 5) is 31.6. The van der Waals surface area contributed by atoms with E-state index >= 15 is 0 Å². The molecule has 3 rings (SSSR count). The lowest BCUT2D eigenvalue weighted by molar-refractivity contribution is -0.117. The minimum absolute atomic E-state index is 0.00729. The molecule has 6 nitrogen and oxygen atoms in total.